The molecule has 0 radical (unpaired) electrons. The highest BCUT2D eigenvalue weighted by Gasteiger charge is 2.42. The zero-order valence-corrected chi connectivity index (χ0v) is 23.3. The highest BCUT2D eigenvalue weighted by molar-refractivity contribution is 7.90. The number of nitrogens with two attached hydrogens (primary N) is 1. The number of pyridine rings is 2. The number of allylic oxidation sites excluding steroid dienone is 1. The summed E-state index contributed by atoms with van der Waals surface area (Å²) in [6, 6.07) is 6.04. The van der Waals surface area contributed by atoms with Crippen LogP contribution in [0.15, 0.2) is 35.6 Å². The number of anilines is 2. The van der Waals surface area contributed by atoms with E-state index in [1.165, 1.54) is 18.2 Å². The molecule has 200 valence electrons. The van der Waals surface area contributed by atoms with Crippen molar-refractivity contribution in [2.75, 3.05) is 23.8 Å². The number of hydrogen-bond acceptors (Lipinski definition) is 8. The van der Waals surface area contributed by atoms with Gasteiger partial charge in [-0.1, -0.05) is 33.8 Å². The lowest BCUT2D eigenvalue weighted by Gasteiger charge is -2.38. The third kappa shape index (κ3) is 5.30. The smallest absolute Gasteiger partial charge is 0.281 e. The van der Waals surface area contributed by atoms with E-state index in [1.54, 1.807) is 12.3 Å². The number of carbonyl (C=O) groups excluding carboxylic acids is 1. The SMILES string of the molecule is CC1CCN(c2nc(C(C)(C)C)c(C3=COCCC3)cc2C(=O)NS(=O)(=O)c2cccc(N)n2)C1(C)C. The largest absolute Gasteiger partial charge is 0.501 e. The van der Waals surface area contributed by atoms with E-state index in [0.717, 1.165) is 36.1 Å². The molecule has 3 N–H and O–H groups in total. The normalized spacial score (nSPS) is 19.8. The molecule has 4 heterocycles. The molecule has 2 aliphatic heterocycles. The van der Waals surface area contributed by atoms with Crippen molar-refractivity contribution in [1.29, 1.82) is 0 Å². The summed E-state index contributed by atoms with van der Waals surface area (Å²) in [7, 11) is -4.26. The summed E-state index contributed by atoms with van der Waals surface area (Å²) in [5.74, 6) is 0.124. The van der Waals surface area contributed by atoms with E-state index in [4.69, 9.17) is 15.5 Å². The Labute approximate surface area is 219 Å². The van der Waals surface area contributed by atoms with Crippen LogP contribution in [0.1, 0.15) is 82.4 Å². The molecule has 4 rings (SSSR count). The summed E-state index contributed by atoms with van der Waals surface area (Å²) in [5, 5.41) is -0.319. The highest BCUT2D eigenvalue weighted by atomic mass is 32.2. The number of nitrogen functional groups attached to an aromatic ring is 1. The van der Waals surface area contributed by atoms with E-state index in [0.29, 0.717) is 24.9 Å². The van der Waals surface area contributed by atoms with E-state index < -0.39 is 15.9 Å². The number of aromatic nitrogens is 2. The van der Waals surface area contributed by atoms with Crippen LogP contribution in [0.5, 0.6) is 0 Å². The van der Waals surface area contributed by atoms with Crippen LogP contribution < -0.4 is 15.4 Å². The van der Waals surface area contributed by atoms with Gasteiger partial charge in [-0.25, -0.2) is 14.7 Å². The van der Waals surface area contributed by atoms with Crippen molar-refractivity contribution in [2.45, 2.75) is 76.8 Å². The molecule has 0 spiro atoms. The predicted octanol–water partition coefficient (Wildman–Crippen LogP) is 4.25. The number of sulfonamides is 1. The van der Waals surface area contributed by atoms with Crippen LogP contribution in [0.4, 0.5) is 11.6 Å². The van der Waals surface area contributed by atoms with E-state index in [2.05, 4.69) is 56.1 Å². The van der Waals surface area contributed by atoms with E-state index in [-0.39, 0.29) is 27.4 Å². The molecule has 1 fully saturated rings. The van der Waals surface area contributed by atoms with Crippen molar-refractivity contribution in [3.63, 3.8) is 0 Å². The first kappa shape index (κ1) is 26.9. The minimum Gasteiger partial charge on any atom is -0.501 e. The summed E-state index contributed by atoms with van der Waals surface area (Å²) in [4.78, 5) is 24.8. The van der Waals surface area contributed by atoms with Gasteiger partial charge in [0.05, 0.1) is 24.1 Å². The van der Waals surface area contributed by atoms with Crippen LogP contribution >= 0.6 is 0 Å². The Morgan fingerprint density at radius 3 is 2.54 bits per heavy atom. The Balaban J connectivity index is 1.89. The predicted molar refractivity (Wildman–Crippen MR) is 145 cm³/mol. The maximum Gasteiger partial charge on any atom is 0.281 e. The Morgan fingerprint density at radius 2 is 1.97 bits per heavy atom. The second-order valence-electron chi connectivity index (χ2n) is 11.5. The minimum atomic E-state index is -4.26. The molecule has 2 aromatic heterocycles. The van der Waals surface area contributed by atoms with Gasteiger partial charge in [0.1, 0.15) is 11.6 Å². The van der Waals surface area contributed by atoms with E-state index >= 15 is 0 Å². The maximum absolute atomic E-state index is 13.7. The van der Waals surface area contributed by atoms with Crippen LogP contribution in [0.2, 0.25) is 0 Å². The second kappa shape index (κ2) is 9.63. The summed E-state index contributed by atoms with van der Waals surface area (Å²) < 4.78 is 34.0. The number of nitrogens with zero attached hydrogens (tertiary/aromatic N) is 3. The van der Waals surface area contributed by atoms with Crippen molar-refractivity contribution in [3.8, 4) is 0 Å². The van der Waals surface area contributed by atoms with Gasteiger partial charge in [-0.2, -0.15) is 8.42 Å². The van der Waals surface area contributed by atoms with Gasteiger partial charge in [0.25, 0.3) is 15.9 Å². The van der Waals surface area contributed by atoms with Gasteiger partial charge in [-0.05, 0) is 62.8 Å². The Morgan fingerprint density at radius 1 is 1.24 bits per heavy atom. The average molecular weight is 528 g/mol. The van der Waals surface area contributed by atoms with Gasteiger partial charge in [0.15, 0.2) is 5.03 Å². The lowest BCUT2D eigenvalue weighted by atomic mass is 9.84. The third-order valence-electron chi connectivity index (χ3n) is 7.43. The minimum absolute atomic E-state index is 0.0477. The fraction of sp³-hybridized carbons (Fsp3) is 0.519. The molecule has 37 heavy (non-hydrogen) atoms. The van der Waals surface area contributed by atoms with Crippen molar-refractivity contribution >= 4 is 33.1 Å². The molecule has 0 aromatic carbocycles. The van der Waals surface area contributed by atoms with Crippen molar-refractivity contribution < 1.29 is 17.9 Å². The summed E-state index contributed by atoms with van der Waals surface area (Å²) in [5.41, 5.74) is 7.85. The van der Waals surface area contributed by atoms with Crippen molar-refractivity contribution in [3.05, 3.63) is 47.3 Å². The average Bonchev–Trinajstić information content (AvgIpc) is 3.09. The van der Waals surface area contributed by atoms with Crippen molar-refractivity contribution in [1.82, 2.24) is 14.7 Å². The molecular weight excluding hydrogens is 490 g/mol. The Hall–Kier alpha value is -3.14. The molecule has 9 nitrogen and oxygen atoms in total. The molecule has 1 atom stereocenters. The van der Waals surface area contributed by atoms with Crippen LogP contribution in [-0.4, -0.2) is 43.0 Å². The van der Waals surface area contributed by atoms with Crippen LogP contribution in [0, 0.1) is 5.92 Å². The lowest BCUT2D eigenvalue weighted by Crippen LogP contribution is -2.44. The van der Waals surface area contributed by atoms with E-state index in [9.17, 15) is 13.2 Å². The zero-order chi connectivity index (χ0) is 27.2. The zero-order valence-electron chi connectivity index (χ0n) is 22.5. The molecule has 0 aliphatic carbocycles. The van der Waals surface area contributed by atoms with Gasteiger partial charge < -0.3 is 15.4 Å². The maximum atomic E-state index is 13.7. The van der Waals surface area contributed by atoms with Gasteiger partial charge >= 0.3 is 0 Å². The quantitative estimate of drug-likeness (QED) is 0.591. The van der Waals surface area contributed by atoms with Crippen LogP contribution in [0.3, 0.4) is 0 Å². The van der Waals surface area contributed by atoms with Gasteiger partial charge in [-0.15, -0.1) is 0 Å². The number of carbonyl (C=O) groups is 1. The summed E-state index contributed by atoms with van der Waals surface area (Å²) in [6.07, 6.45) is 4.30. The monoisotopic (exact) mass is 527 g/mol. The summed E-state index contributed by atoms with van der Waals surface area (Å²) in [6.45, 7) is 14.0. The number of hydrogen-bond donors (Lipinski definition) is 2. The van der Waals surface area contributed by atoms with Crippen LogP contribution in [-0.2, 0) is 20.2 Å². The summed E-state index contributed by atoms with van der Waals surface area (Å²) >= 11 is 0. The first-order valence-electron chi connectivity index (χ1n) is 12.7. The fourth-order valence-electron chi connectivity index (χ4n) is 4.87. The molecule has 1 saturated heterocycles. The molecule has 1 unspecified atom stereocenters. The first-order chi connectivity index (χ1) is 17.2. The Kier molecular flexibility index (Phi) is 7.00. The van der Waals surface area contributed by atoms with Gasteiger partial charge in [0, 0.05) is 23.1 Å². The molecule has 0 saturated carbocycles. The van der Waals surface area contributed by atoms with Gasteiger partial charge in [0.2, 0.25) is 0 Å². The van der Waals surface area contributed by atoms with Crippen LogP contribution in [0.25, 0.3) is 5.57 Å². The topological polar surface area (TPSA) is 128 Å². The molecule has 0 bridgehead atoms. The molecule has 2 aliphatic rings. The molecule has 2 aromatic rings. The second-order valence-corrected chi connectivity index (χ2v) is 13.1. The fourth-order valence-corrected chi connectivity index (χ4v) is 5.82. The molecular formula is C27H37N5O4S. The number of nitrogens with one attached hydrogen (secondary N) is 1. The van der Waals surface area contributed by atoms with Crippen molar-refractivity contribution in [2.24, 2.45) is 5.92 Å². The highest BCUT2D eigenvalue weighted by Crippen LogP contribution is 2.42. The standard InChI is InChI=1S/C27H37N5O4S/c1-17-12-13-32(27(17,5)6)24-20(25(33)31-37(34,35)22-11-7-10-21(28)29-22)15-19(18-9-8-14-36-16-18)23(30-24)26(2,3)4/h7,10-11,15-17H,8-9,12-14H2,1-6H3,(H2,28,29)(H,31,33). The third-order valence-corrected chi connectivity index (χ3v) is 8.66. The molecule has 1 amide bonds. The van der Waals surface area contributed by atoms with E-state index in [1.807, 2.05) is 0 Å². The number of amides is 1. The molecule has 10 heteroatoms. The Bertz CT molecular complexity index is 1350. The first-order valence-corrected chi connectivity index (χ1v) is 14.1. The number of ether oxygens (including phenoxy) is 1. The lowest BCUT2D eigenvalue weighted by molar-refractivity contribution is 0.0981. The van der Waals surface area contributed by atoms with Gasteiger partial charge in [-0.3, -0.25) is 4.79 Å². The number of rotatable bonds is 5.